The highest BCUT2D eigenvalue weighted by atomic mass is 16.4. The maximum Gasteiger partial charge on any atom is 0.307 e. The van der Waals surface area contributed by atoms with Gasteiger partial charge in [0.25, 0.3) is 0 Å². The number of carboxylic acid groups (broad SMARTS) is 1. The van der Waals surface area contributed by atoms with Crippen LogP contribution in [0.5, 0.6) is 0 Å². The van der Waals surface area contributed by atoms with E-state index in [9.17, 15) is 24.3 Å². The molecule has 0 spiro atoms. The molecule has 3 atom stereocenters. The average Bonchev–Trinajstić information content (AvgIpc) is 2.42. The van der Waals surface area contributed by atoms with E-state index >= 15 is 0 Å². The van der Waals surface area contributed by atoms with Crippen LogP contribution in [0.3, 0.4) is 0 Å². The van der Waals surface area contributed by atoms with Crippen LogP contribution in [0.1, 0.15) is 32.6 Å². The Balaban J connectivity index is 2.18. The quantitative estimate of drug-likeness (QED) is 0.680. The molecule has 7 nitrogen and oxygen atoms in total. The number of rotatable bonds is 2. The third kappa shape index (κ3) is 2.66. The lowest BCUT2D eigenvalue weighted by atomic mass is 9.78. The summed E-state index contributed by atoms with van der Waals surface area (Å²) in [4.78, 5) is 47.9. The first-order chi connectivity index (χ1) is 9.41. The van der Waals surface area contributed by atoms with Crippen LogP contribution >= 0.6 is 0 Å². The van der Waals surface area contributed by atoms with Crippen LogP contribution in [0, 0.1) is 11.8 Å². The Morgan fingerprint density at radius 2 is 1.80 bits per heavy atom. The Kier molecular flexibility index (Phi) is 4.06. The van der Waals surface area contributed by atoms with Gasteiger partial charge in [0, 0.05) is 0 Å². The first-order valence-electron chi connectivity index (χ1n) is 6.78. The van der Waals surface area contributed by atoms with Crippen LogP contribution in [0.2, 0.25) is 0 Å². The largest absolute Gasteiger partial charge is 0.481 e. The van der Waals surface area contributed by atoms with Crippen molar-refractivity contribution in [2.24, 2.45) is 11.8 Å². The Morgan fingerprint density at radius 1 is 1.20 bits per heavy atom. The summed E-state index contributed by atoms with van der Waals surface area (Å²) in [6, 6.07) is -0.739. The number of carbonyl (C=O) groups excluding carboxylic acids is 3. The van der Waals surface area contributed by atoms with Gasteiger partial charge >= 0.3 is 5.97 Å². The summed E-state index contributed by atoms with van der Waals surface area (Å²) in [7, 11) is 0. The number of carboxylic acids is 1. The maximum absolute atomic E-state index is 12.5. The minimum atomic E-state index is -0.983. The Hall–Kier alpha value is -1.92. The van der Waals surface area contributed by atoms with Gasteiger partial charge in [-0.15, -0.1) is 0 Å². The van der Waals surface area contributed by atoms with Crippen LogP contribution in [0.25, 0.3) is 0 Å². The van der Waals surface area contributed by atoms with E-state index in [1.165, 1.54) is 11.8 Å². The number of nitrogens with one attached hydrogen (secondary N) is 1. The molecule has 0 radical (unpaired) electrons. The normalized spacial score (nSPS) is 30.9. The van der Waals surface area contributed by atoms with Gasteiger partial charge in [0.1, 0.15) is 12.6 Å². The van der Waals surface area contributed by atoms with Crippen LogP contribution in [0.4, 0.5) is 0 Å². The topological polar surface area (TPSA) is 104 Å². The van der Waals surface area contributed by atoms with Crippen molar-refractivity contribution in [2.45, 2.75) is 38.6 Å². The van der Waals surface area contributed by atoms with Crippen molar-refractivity contribution in [3.63, 3.8) is 0 Å². The second-order valence-electron chi connectivity index (χ2n) is 5.39. The van der Waals surface area contributed by atoms with Gasteiger partial charge in [0.05, 0.1) is 11.8 Å². The molecular weight excluding hydrogens is 264 g/mol. The Morgan fingerprint density at radius 3 is 2.40 bits per heavy atom. The highest BCUT2D eigenvalue weighted by Crippen LogP contribution is 2.32. The summed E-state index contributed by atoms with van der Waals surface area (Å²) in [6.45, 7) is 1.35. The fourth-order valence-corrected chi connectivity index (χ4v) is 2.92. The van der Waals surface area contributed by atoms with Gasteiger partial charge in [-0.2, -0.15) is 0 Å². The molecule has 3 amide bonds. The molecule has 0 aromatic rings. The van der Waals surface area contributed by atoms with Crippen molar-refractivity contribution < 1.29 is 24.3 Å². The SMILES string of the molecule is CC1C(=O)NC(=O)CN1C(=O)C1CCCCC1C(=O)O. The number of hydrogen-bond acceptors (Lipinski definition) is 4. The van der Waals surface area contributed by atoms with E-state index in [-0.39, 0.29) is 6.54 Å². The molecular formula is C13H18N2O5. The predicted octanol–water partition coefficient (Wildman–Crippen LogP) is -0.249. The molecule has 7 heteroatoms. The van der Waals surface area contributed by atoms with Crippen LogP contribution < -0.4 is 5.32 Å². The zero-order valence-corrected chi connectivity index (χ0v) is 11.3. The average molecular weight is 282 g/mol. The molecule has 1 aliphatic heterocycles. The second kappa shape index (κ2) is 5.60. The third-order valence-electron chi connectivity index (χ3n) is 4.11. The number of piperazine rings is 1. The van der Waals surface area contributed by atoms with Crippen molar-refractivity contribution in [3.05, 3.63) is 0 Å². The van der Waals surface area contributed by atoms with Crippen molar-refractivity contribution >= 4 is 23.7 Å². The molecule has 1 saturated heterocycles. The molecule has 1 aliphatic carbocycles. The number of amides is 3. The lowest BCUT2D eigenvalue weighted by Gasteiger charge is -2.37. The fourth-order valence-electron chi connectivity index (χ4n) is 2.92. The van der Waals surface area contributed by atoms with E-state index in [2.05, 4.69) is 5.32 Å². The van der Waals surface area contributed by atoms with Gasteiger partial charge in [0.2, 0.25) is 17.7 Å². The van der Waals surface area contributed by atoms with E-state index in [1.807, 2.05) is 0 Å². The molecule has 2 rings (SSSR count). The third-order valence-corrected chi connectivity index (χ3v) is 4.11. The highest BCUT2D eigenvalue weighted by Gasteiger charge is 2.42. The summed E-state index contributed by atoms with van der Waals surface area (Å²) < 4.78 is 0. The number of imide groups is 1. The van der Waals surface area contributed by atoms with E-state index in [0.717, 1.165) is 12.8 Å². The Bertz CT molecular complexity index is 462. The number of aliphatic carboxylic acids is 1. The van der Waals surface area contributed by atoms with Crippen LogP contribution in [-0.2, 0) is 19.2 Å². The molecule has 1 heterocycles. The van der Waals surface area contributed by atoms with Gasteiger partial charge in [0.15, 0.2) is 0 Å². The molecule has 2 aliphatic rings. The van der Waals surface area contributed by atoms with Gasteiger partial charge in [-0.3, -0.25) is 24.5 Å². The number of carbonyl (C=O) groups is 4. The number of hydrogen-bond donors (Lipinski definition) is 2. The van der Waals surface area contributed by atoms with E-state index in [0.29, 0.717) is 12.8 Å². The summed E-state index contributed by atoms with van der Waals surface area (Å²) in [5.74, 6) is -3.77. The first-order valence-corrected chi connectivity index (χ1v) is 6.78. The minimum Gasteiger partial charge on any atom is -0.481 e. The van der Waals surface area contributed by atoms with E-state index in [1.54, 1.807) is 0 Å². The molecule has 0 aromatic heterocycles. The first kappa shape index (κ1) is 14.5. The van der Waals surface area contributed by atoms with Crippen molar-refractivity contribution in [1.82, 2.24) is 10.2 Å². The number of nitrogens with zero attached hydrogens (tertiary/aromatic N) is 1. The molecule has 0 aromatic carbocycles. The van der Waals surface area contributed by atoms with Crippen LogP contribution in [0.15, 0.2) is 0 Å². The molecule has 1 saturated carbocycles. The summed E-state index contributed by atoms with van der Waals surface area (Å²) >= 11 is 0. The smallest absolute Gasteiger partial charge is 0.307 e. The second-order valence-corrected chi connectivity index (χ2v) is 5.39. The van der Waals surface area contributed by atoms with Gasteiger partial charge in [-0.1, -0.05) is 12.8 Å². The van der Waals surface area contributed by atoms with E-state index in [4.69, 9.17) is 0 Å². The zero-order chi connectivity index (χ0) is 14.9. The van der Waals surface area contributed by atoms with Crippen molar-refractivity contribution in [3.8, 4) is 0 Å². The molecule has 0 bridgehead atoms. The molecule has 20 heavy (non-hydrogen) atoms. The fraction of sp³-hybridized carbons (Fsp3) is 0.692. The zero-order valence-electron chi connectivity index (χ0n) is 11.3. The molecule has 3 unspecified atom stereocenters. The Labute approximate surface area is 116 Å². The molecule has 2 N–H and O–H groups in total. The lowest BCUT2D eigenvalue weighted by molar-refractivity contribution is -0.157. The molecule has 110 valence electrons. The van der Waals surface area contributed by atoms with Gasteiger partial charge in [-0.05, 0) is 19.8 Å². The van der Waals surface area contributed by atoms with Crippen molar-refractivity contribution in [1.29, 1.82) is 0 Å². The summed E-state index contributed by atoms with van der Waals surface area (Å²) in [6.07, 6.45) is 2.54. The van der Waals surface area contributed by atoms with E-state index < -0.39 is 41.6 Å². The monoisotopic (exact) mass is 282 g/mol. The maximum atomic E-state index is 12.5. The summed E-state index contributed by atoms with van der Waals surface area (Å²) in [5.41, 5.74) is 0. The standard InChI is InChI=1S/C13H18N2O5/c1-7-11(17)14-10(16)6-15(7)12(18)8-4-2-3-5-9(8)13(19)20/h7-9H,2-6H2,1H3,(H,19,20)(H,14,16,17). The van der Waals surface area contributed by atoms with Crippen molar-refractivity contribution in [2.75, 3.05) is 6.54 Å². The summed E-state index contributed by atoms with van der Waals surface area (Å²) in [5, 5.41) is 11.4. The minimum absolute atomic E-state index is 0.186. The lowest BCUT2D eigenvalue weighted by Crippen LogP contribution is -2.60. The highest BCUT2D eigenvalue weighted by molar-refractivity contribution is 6.04. The van der Waals surface area contributed by atoms with Gasteiger partial charge in [-0.25, -0.2) is 0 Å². The van der Waals surface area contributed by atoms with Crippen LogP contribution in [-0.4, -0.2) is 46.3 Å². The predicted molar refractivity (Wildman–Crippen MR) is 67.4 cm³/mol. The molecule has 2 fully saturated rings. The van der Waals surface area contributed by atoms with Gasteiger partial charge < -0.3 is 10.0 Å².